The highest BCUT2D eigenvalue weighted by atomic mass is 35.5. The molecular weight excluding hydrogens is 388 g/mol. The number of Topliss-reactive ketones (excluding diaryl/α,β-unsaturated/α-hetero) is 1. The van der Waals surface area contributed by atoms with Crippen LogP contribution in [-0.2, 0) is 6.54 Å². The van der Waals surface area contributed by atoms with E-state index in [4.69, 9.17) is 11.6 Å². The lowest BCUT2D eigenvalue weighted by atomic mass is 10.1. The van der Waals surface area contributed by atoms with Crippen molar-refractivity contribution in [2.24, 2.45) is 0 Å². The molecule has 0 atom stereocenters. The van der Waals surface area contributed by atoms with Crippen molar-refractivity contribution in [2.75, 3.05) is 0 Å². The van der Waals surface area contributed by atoms with E-state index in [1.807, 2.05) is 30.5 Å². The molecule has 3 heterocycles. The predicted octanol–water partition coefficient (Wildman–Crippen LogP) is 5.03. The minimum Gasteiger partial charge on any atom is -0.291 e. The summed E-state index contributed by atoms with van der Waals surface area (Å²) in [6.45, 7) is 1.93. The molecule has 0 spiro atoms. The summed E-state index contributed by atoms with van der Waals surface area (Å²) in [5, 5.41) is 3.09. The monoisotopic (exact) mass is 400 g/mol. The molecule has 4 nitrogen and oxygen atoms in total. The van der Waals surface area contributed by atoms with Gasteiger partial charge in [-0.1, -0.05) is 23.7 Å². The van der Waals surface area contributed by atoms with Crippen molar-refractivity contribution >= 4 is 50.3 Å². The van der Waals surface area contributed by atoms with E-state index in [9.17, 15) is 9.59 Å². The smallest absolute Gasteiger partial charge is 0.263 e. The lowest BCUT2D eigenvalue weighted by Gasteiger charge is -2.05. The zero-order chi connectivity index (χ0) is 18.3. The van der Waals surface area contributed by atoms with Gasteiger partial charge in [0.25, 0.3) is 5.56 Å². The standard InChI is InChI=1S/C19H13ClN2O2S2/c1-11-2-7-16(26-11)15(23)8-22-10-21-18-17(19(22)24)14(9-25-18)12-3-5-13(20)6-4-12/h2-7,9-10H,8H2,1H3. The molecule has 0 saturated carbocycles. The fourth-order valence-electron chi connectivity index (χ4n) is 2.74. The second-order valence-corrected chi connectivity index (χ2v) is 8.43. The SMILES string of the molecule is Cc1ccc(C(=O)Cn2cnc3scc(-c4ccc(Cl)cc4)c3c2=O)s1. The van der Waals surface area contributed by atoms with Gasteiger partial charge in [-0.3, -0.25) is 14.2 Å². The summed E-state index contributed by atoms with van der Waals surface area (Å²) in [4.78, 5) is 32.2. The fraction of sp³-hybridized carbons (Fsp3) is 0.105. The van der Waals surface area contributed by atoms with E-state index in [1.54, 1.807) is 18.2 Å². The number of aromatic nitrogens is 2. The van der Waals surface area contributed by atoms with Crippen LogP contribution in [-0.4, -0.2) is 15.3 Å². The molecule has 0 saturated heterocycles. The number of hydrogen-bond acceptors (Lipinski definition) is 5. The predicted molar refractivity (Wildman–Crippen MR) is 108 cm³/mol. The van der Waals surface area contributed by atoms with Crippen LogP contribution in [0.25, 0.3) is 21.3 Å². The first-order valence-corrected chi connectivity index (χ1v) is 9.92. The minimum atomic E-state index is -0.206. The van der Waals surface area contributed by atoms with Gasteiger partial charge in [0.15, 0.2) is 5.78 Å². The first kappa shape index (κ1) is 17.1. The van der Waals surface area contributed by atoms with E-state index in [2.05, 4.69) is 4.98 Å². The number of carbonyl (C=O) groups excluding carboxylic acids is 1. The number of rotatable bonds is 4. The molecule has 0 aliphatic heterocycles. The molecule has 7 heteroatoms. The Labute approximate surface area is 162 Å². The highest BCUT2D eigenvalue weighted by Gasteiger charge is 2.16. The number of benzene rings is 1. The summed E-state index contributed by atoms with van der Waals surface area (Å²) < 4.78 is 1.38. The van der Waals surface area contributed by atoms with Crippen molar-refractivity contribution in [3.8, 4) is 11.1 Å². The molecule has 0 unspecified atom stereocenters. The highest BCUT2D eigenvalue weighted by molar-refractivity contribution is 7.17. The molecule has 0 amide bonds. The third-order valence-electron chi connectivity index (χ3n) is 4.05. The van der Waals surface area contributed by atoms with Gasteiger partial charge >= 0.3 is 0 Å². The van der Waals surface area contributed by atoms with Gasteiger partial charge in [0.2, 0.25) is 0 Å². The van der Waals surface area contributed by atoms with Gasteiger partial charge in [-0.05, 0) is 36.8 Å². The number of fused-ring (bicyclic) bond motifs is 1. The Bertz CT molecular complexity index is 1170. The van der Waals surface area contributed by atoms with Gasteiger partial charge in [0.1, 0.15) is 4.83 Å². The number of halogens is 1. The number of carbonyl (C=O) groups is 1. The molecule has 4 aromatic rings. The Hall–Kier alpha value is -2.28. The molecule has 0 radical (unpaired) electrons. The van der Waals surface area contributed by atoms with Crippen LogP contribution in [0.15, 0.2) is 52.9 Å². The van der Waals surface area contributed by atoms with Crippen LogP contribution < -0.4 is 5.56 Å². The molecule has 1 aromatic carbocycles. The summed E-state index contributed by atoms with van der Waals surface area (Å²) in [6.07, 6.45) is 1.45. The highest BCUT2D eigenvalue weighted by Crippen LogP contribution is 2.31. The van der Waals surface area contributed by atoms with Crippen molar-refractivity contribution in [2.45, 2.75) is 13.5 Å². The number of hydrogen-bond donors (Lipinski definition) is 0. The number of thiophene rings is 2. The maximum atomic E-state index is 13.0. The van der Waals surface area contributed by atoms with E-state index in [0.717, 1.165) is 16.0 Å². The quantitative estimate of drug-likeness (QED) is 0.451. The second-order valence-electron chi connectivity index (χ2n) is 5.85. The fourth-order valence-corrected chi connectivity index (χ4v) is 4.57. The van der Waals surface area contributed by atoms with Crippen LogP contribution in [0.2, 0.25) is 5.02 Å². The molecule has 0 aliphatic carbocycles. The van der Waals surface area contributed by atoms with Gasteiger partial charge in [0.05, 0.1) is 23.1 Å². The third-order valence-corrected chi connectivity index (χ3v) is 6.23. The van der Waals surface area contributed by atoms with Gasteiger partial charge in [0, 0.05) is 20.8 Å². The van der Waals surface area contributed by atoms with Crippen molar-refractivity contribution in [3.63, 3.8) is 0 Å². The Morgan fingerprint density at radius 3 is 2.65 bits per heavy atom. The number of nitrogens with zero attached hydrogens (tertiary/aromatic N) is 2. The molecule has 26 heavy (non-hydrogen) atoms. The lowest BCUT2D eigenvalue weighted by Crippen LogP contribution is -2.24. The zero-order valence-electron chi connectivity index (χ0n) is 13.7. The van der Waals surface area contributed by atoms with Gasteiger partial charge < -0.3 is 0 Å². The van der Waals surface area contributed by atoms with Crippen LogP contribution in [0.5, 0.6) is 0 Å². The first-order chi connectivity index (χ1) is 12.5. The van der Waals surface area contributed by atoms with E-state index in [-0.39, 0.29) is 17.9 Å². The second kappa shape index (κ2) is 6.79. The van der Waals surface area contributed by atoms with Crippen LogP contribution in [0.4, 0.5) is 0 Å². The Kier molecular flexibility index (Phi) is 4.48. The maximum absolute atomic E-state index is 13.0. The van der Waals surface area contributed by atoms with Crippen LogP contribution >= 0.6 is 34.3 Å². The number of aryl methyl sites for hydroxylation is 1. The van der Waals surface area contributed by atoms with Crippen LogP contribution in [0.1, 0.15) is 14.5 Å². The summed E-state index contributed by atoms with van der Waals surface area (Å²) in [5.74, 6) is -0.0883. The van der Waals surface area contributed by atoms with E-state index in [0.29, 0.717) is 20.1 Å². The largest absolute Gasteiger partial charge is 0.291 e. The first-order valence-electron chi connectivity index (χ1n) is 7.85. The van der Waals surface area contributed by atoms with Crippen LogP contribution in [0, 0.1) is 6.92 Å². The Morgan fingerprint density at radius 1 is 1.19 bits per heavy atom. The van der Waals surface area contributed by atoms with Crippen molar-refractivity contribution in [1.82, 2.24) is 9.55 Å². The van der Waals surface area contributed by atoms with Crippen LogP contribution in [0.3, 0.4) is 0 Å². The topological polar surface area (TPSA) is 52.0 Å². The molecule has 0 bridgehead atoms. The summed E-state index contributed by atoms with van der Waals surface area (Å²) >= 11 is 8.80. The molecule has 3 aromatic heterocycles. The van der Waals surface area contributed by atoms with Gasteiger partial charge in [-0.2, -0.15) is 0 Å². The third kappa shape index (κ3) is 3.11. The van der Waals surface area contributed by atoms with E-state index >= 15 is 0 Å². The average Bonchev–Trinajstić information content (AvgIpc) is 3.25. The summed E-state index contributed by atoms with van der Waals surface area (Å²) in [5.41, 5.74) is 1.51. The molecule has 130 valence electrons. The average molecular weight is 401 g/mol. The van der Waals surface area contributed by atoms with E-state index < -0.39 is 0 Å². The molecule has 0 fully saturated rings. The lowest BCUT2D eigenvalue weighted by molar-refractivity contribution is 0.0974. The molecular formula is C19H13ClN2O2S2. The number of ketones is 1. The zero-order valence-corrected chi connectivity index (χ0v) is 16.1. The Balaban J connectivity index is 1.77. The normalized spacial score (nSPS) is 11.2. The van der Waals surface area contributed by atoms with E-state index in [1.165, 1.54) is 33.6 Å². The molecule has 0 N–H and O–H groups in total. The summed E-state index contributed by atoms with van der Waals surface area (Å²) in [7, 11) is 0. The Morgan fingerprint density at radius 2 is 1.96 bits per heavy atom. The molecule has 0 aliphatic rings. The van der Waals surface area contributed by atoms with Crippen molar-refractivity contribution in [3.05, 3.63) is 73.2 Å². The van der Waals surface area contributed by atoms with Crippen molar-refractivity contribution in [1.29, 1.82) is 0 Å². The van der Waals surface area contributed by atoms with Crippen molar-refractivity contribution < 1.29 is 4.79 Å². The summed E-state index contributed by atoms with van der Waals surface area (Å²) in [6, 6.07) is 11.0. The maximum Gasteiger partial charge on any atom is 0.263 e. The van der Waals surface area contributed by atoms with Gasteiger partial charge in [-0.25, -0.2) is 4.98 Å². The van der Waals surface area contributed by atoms with Gasteiger partial charge in [-0.15, -0.1) is 22.7 Å². The minimum absolute atomic E-state index is 0.0162. The molecule has 4 rings (SSSR count).